The largest absolute Gasteiger partial charge is 0.484 e. The van der Waals surface area contributed by atoms with Crippen LogP contribution in [-0.4, -0.2) is 27.2 Å². The summed E-state index contributed by atoms with van der Waals surface area (Å²) in [6.07, 6.45) is 1.70. The van der Waals surface area contributed by atoms with Gasteiger partial charge in [-0.05, 0) is 12.1 Å². The molecule has 8 heteroatoms. The molecule has 1 N–H and O–H groups in total. The van der Waals surface area contributed by atoms with Gasteiger partial charge < -0.3 is 10.1 Å². The Kier molecular flexibility index (Phi) is 3.94. The quantitative estimate of drug-likeness (QED) is 0.656. The Morgan fingerprint density at radius 1 is 1.40 bits per heavy atom. The Morgan fingerprint density at radius 2 is 2.10 bits per heavy atom. The lowest BCUT2D eigenvalue weighted by atomic mass is 10.3. The van der Waals surface area contributed by atoms with Gasteiger partial charge in [-0.2, -0.15) is 5.10 Å². The summed E-state index contributed by atoms with van der Waals surface area (Å²) in [6, 6.07) is 7.15. The third kappa shape index (κ3) is 3.55. The number of ether oxygens (including phenoxy) is 1. The highest BCUT2D eigenvalue weighted by molar-refractivity contribution is 5.90. The van der Waals surface area contributed by atoms with Gasteiger partial charge in [-0.3, -0.25) is 19.6 Å². The third-order valence-corrected chi connectivity index (χ3v) is 2.40. The first-order chi connectivity index (χ1) is 9.54. The summed E-state index contributed by atoms with van der Waals surface area (Å²) in [5.41, 5.74) is -0.0321. The second kappa shape index (κ2) is 5.83. The molecule has 8 nitrogen and oxygen atoms in total. The molecule has 0 spiro atoms. The molecule has 104 valence electrons. The van der Waals surface area contributed by atoms with E-state index >= 15 is 0 Å². The van der Waals surface area contributed by atoms with Crippen LogP contribution in [0.1, 0.15) is 0 Å². The Morgan fingerprint density at radius 3 is 2.65 bits per heavy atom. The zero-order valence-electron chi connectivity index (χ0n) is 10.6. The normalized spacial score (nSPS) is 10.1. The van der Waals surface area contributed by atoms with Gasteiger partial charge in [0.25, 0.3) is 11.6 Å². The van der Waals surface area contributed by atoms with Gasteiger partial charge in [0.05, 0.1) is 4.92 Å². The predicted molar refractivity (Wildman–Crippen MR) is 70.4 cm³/mol. The molecule has 0 aliphatic carbocycles. The Balaban J connectivity index is 1.85. The van der Waals surface area contributed by atoms with Crippen LogP contribution in [-0.2, 0) is 11.8 Å². The van der Waals surface area contributed by atoms with E-state index in [0.29, 0.717) is 11.6 Å². The molecule has 0 bridgehead atoms. The summed E-state index contributed by atoms with van der Waals surface area (Å²) < 4.78 is 6.77. The molecule has 0 radical (unpaired) electrons. The van der Waals surface area contributed by atoms with Crippen molar-refractivity contribution in [2.45, 2.75) is 0 Å². The molecule has 0 unspecified atom stereocenters. The second-order valence-electron chi connectivity index (χ2n) is 3.96. The average Bonchev–Trinajstić information content (AvgIpc) is 2.82. The van der Waals surface area contributed by atoms with Crippen LogP contribution in [0, 0.1) is 10.1 Å². The summed E-state index contributed by atoms with van der Waals surface area (Å²) >= 11 is 0. The van der Waals surface area contributed by atoms with Crippen molar-refractivity contribution in [1.82, 2.24) is 9.78 Å². The summed E-state index contributed by atoms with van der Waals surface area (Å²) in [4.78, 5) is 21.5. The fraction of sp³-hybridized carbons (Fsp3) is 0.167. The first-order valence-electron chi connectivity index (χ1n) is 5.71. The number of amides is 1. The molecule has 1 aromatic heterocycles. The highest BCUT2D eigenvalue weighted by Gasteiger charge is 2.07. The van der Waals surface area contributed by atoms with Gasteiger partial charge in [-0.25, -0.2) is 0 Å². The summed E-state index contributed by atoms with van der Waals surface area (Å²) in [6.45, 7) is -0.200. The number of nitro groups is 1. The molecule has 0 fully saturated rings. The molecule has 2 aromatic rings. The smallest absolute Gasteiger partial charge is 0.269 e. The number of rotatable bonds is 5. The van der Waals surface area contributed by atoms with Gasteiger partial charge in [0.2, 0.25) is 0 Å². The molecule has 0 saturated heterocycles. The number of carbonyl (C=O) groups is 1. The maximum absolute atomic E-state index is 11.6. The van der Waals surface area contributed by atoms with Gasteiger partial charge in [0.1, 0.15) is 5.75 Å². The standard InChI is InChI=1S/C12H12N4O4/c1-15-7-6-11(14-15)13-12(17)8-20-10-4-2-9(3-5-10)16(18)19/h2-7H,8H2,1H3,(H,13,14,17). The van der Waals surface area contributed by atoms with Crippen LogP contribution in [0.15, 0.2) is 36.5 Å². The number of aromatic nitrogens is 2. The number of nitrogens with one attached hydrogen (secondary N) is 1. The van der Waals surface area contributed by atoms with Crippen molar-refractivity contribution in [3.8, 4) is 5.75 Å². The van der Waals surface area contributed by atoms with Gasteiger partial charge in [0, 0.05) is 31.4 Å². The number of non-ortho nitro benzene ring substituents is 1. The summed E-state index contributed by atoms with van der Waals surface area (Å²) in [5, 5.41) is 17.0. The third-order valence-electron chi connectivity index (χ3n) is 2.40. The lowest BCUT2D eigenvalue weighted by molar-refractivity contribution is -0.384. The van der Waals surface area contributed by atoms with Crippen molar-refractivity contribution < 1.29 is 14.5 Å². The number of hydrogen-bond acceptors (Lipinski definition) is 5. The number of carbonyl (C=O) groups excluding carboxylic acids is 1. The highest BCUT2D eigenvalue weighted by atomic mass is 16.6. The van der Waals surface area contributed by atoms with E-state index in [4.69, 9.17) is 4.74 Å². The molecular formula is C12H12N4O4. The lowest BCUT2D eigenvalue weighted by Gasteiger charge is -2.05. The first kappa shape index (κ1) is 13.5. The molecule has 2 rings (SSSR count). The number of aryl methyl sites for hydroxylation is 1. The van der Waals surface area contributed by atoms with Crippen molar-refractivity contribution in [1.29, 1.82) is 0 Å². The van der Waals surface area contributed by atoms with Crippen LogP contribution in [0.4, 0.5) is 11.5 Å². The number of anilines is 1. The van der Waals surface area contributed by atoms with Crippen LogP contribution in [0.3, 0.4) is 0 Å². The second-order valence-corrected chi connectivity index (χ2v) is 3.96. The zero-order chi connectivity index (χ0) is 14.5. The van der Waals surface area contributed by atoms with Crippen molar-refractivity contribution in [3.63, 3.8) is 0 Å². The van der Waals surface area contributed by atoms with E-state index in [-0.39, 0.29) is 18.2 Å². The number of benzene rings is 1. The van der Waals surface area contributed by atoms with Crippen LogP contribution in [0.2, 0.25) is 0 Å². The fourth-order valence-corrected chi connectivity index (χ4v) is 1.47. The molecule has 1 amide bonds. The topological polar surface area (TPSA) is 99.3 Å². The van der Waals surface area contributed by atoms with Crippen LogP contribution < -0.4 is 10.1 Å². The molecular weight excluding hydrogens is 264 g/mol. The molecule has 20 heavy (non-hydrogen) atoms. The summed E-state index contributed by atoms with van der Waals surface area (Å²) in [5.74, 6) is 0.457. The minimum absolute atomic E-state index is 0.0321. The molecule has 1 aromatic carbocycles. The van der Waals surface area contributed by atoms with E-state index in [2.05, 4.69) is 10.4 Å². The van der Waals surface area contributed by atoms with Crippen molar-refractivity contribution in [2.24, 2.45) is 7.05 Å². The van der Waals surface area contributed by atoms with Crippen LogP contribution in [0.5, 0.6) is 5.75 Å². The molecule has 0 saturated carbocycles. The van der Waals surface area contributed by atoms with Crippen molar-refractivity contribution in [3.05, 3.63) is 46.6 Å². The minimum atomic E-state index is -0.502. The van der Waals surface area contributed by atoms with E-state index < -0.39 is 4.92 Å². The Bertz CT molecular complexity index is 621. The lowest BCUT2D eigenvalue weighted by Crippen LogP contribution is -2.20. The molecule has 0 atom stereocenters. The SMILES string of the molecule is Cn1ccc(NC(=O)COc2ccc([N+](=O)[O-])cc2)n1. The Hall–Kier alpha value is -2.90. The van der Waals surface area contributed by atoms with E-state index in [1.807, 2.05) is 0 Å². The maximum Gasteiger partial charge on any atom is 0.269 e. The van der Waals surface area contributed by atoms with Gasteiger partial charge in [-0.15, -0.1) is 0 Å². The van der Waals surface area contributed by atoms with E-state index in [0.717, 1.165) is 0 Å². The minimum Gasteiger partial charge on any atom is -0.484 e. The monoisotopic (exact) mass is 276 g/mol. The van der Waals surface area contributed by atoms with Crippen molar-refractivity contribution in [2.75, 3.05) is 11.9 Å². The first-order valence-corrected chi connectivity index (χ1v) is 5.71. The van der Waals surface area contributed by atoms with Crippen LogP contribution >= 0.6 is 0 Å². The van der Waals surface area contributed by atoms with E-state index in [9.17, 15) is 14.9 Å². The molecule has 0 aliphatic heterocycles. The summed E-state index contributed by atoms with van der Waals surface area (Å²) in [7, 11) is 1.74. The number of nitro benzene ring substituents is 1. The predicted octanol–water partition coefficient (Wildman–Crippen LogP) is 1.35. The fourth-order valence-electron chi connectivity index (χ4n) is 1.47. The number of nitrogens with zero attached hydrogens (tertiary/aromatic N) is 3. The average molecular weight is 276 g/mol. The Labute approximate surface area is 114 Å². The highest BCUT2D eigenvalue weighted by Crippen LogP contribution is 2.17. The van der Waals surface area contributed by atoms with Gasteiger partial charge >= 0.3 is 0 Å². The molecule has 0 aliphatic rings. The van der Waals surface area contributed by atoms with Crippen molar-refractivity contribution >= 4 is 17.4 Å². The zero-order valence-corrected chi connectivity index (χ0v) is 10.6. The maximum atomic E-state index is 11.6. The van der Waals surface area contributed by atoms with E-state index in [1.54, 1.807) is 24.0 Å². The van der Waals surface area contributed by atoms with Gasteiger partial charge in [0.15, 0.2) is 12.4 Å². The van der Waals surface area contributed by atoms with Gasteiger partial charge in [-0.1, -0.05) is 0 Å². The van der Waals surface area contributed by atoms with E-state index in [1.165, 1.54) is 24.3 Å². The number of hydrogen-bond donors (Lipinski definition) is 1. The van der Waals surface area contributed by atoms with Crippen LogP contribution in [0.25, 0.3) is 0 Å². The molecule has 1 heterocycles.